The zero-order valence-corrected chi connectivity index (χ0v) is 10.4. The molecule has 6 atom stereocenters. The third-order valence-electron chi connectivity index (χ3n) is 3.61. The van der Waals surface area contributed by atoms with Gasteiger partial charge in [0.1, 0.15) is 30.4 Å². The molecule has 0 spiro atoms. The van der Waals surface area contributed by atoms with E-state index in [4.69, 9.17) is 15.6 Å². The highest BCUT2D eigenvalue weighted by molar-refractivity contribution is 5.96. The second-order valence-electron chi connectivity index (χ2n) is 4.72. The van der Waals surface area contributed by atoms with Crippen LogP contribution < -0.4 is 5.73 Å². The van der Waals surface area contributed by atoms with Gasteiger partial charge in [0.25, 0.3) is 0 Å². The van der Waals surface area contributed by atoms with Crippen molar-refractivity contribution in [3.05, 3.63) is 4.91 Å². The molecule has 4 N–H and O–H groups in total. The predicted octanol–water partition coefficient (Wildman–Crippen LogP) is -2.36. The number of aliphatic imine (C=N–C) groups is 3. The van der Waals surface area contributed by atoms with E-state index in [1.807, 2.05) is 0 Å². The fourth-order valence-electron chi connectivity index (χ4n) is 2.55. The van der Waals surface area contributed by atoms with Crippen molar-refractivity contribution in [2.75, 3.05) is 6.61 Å². The number of aliphatic hydroxyl groups excluding tert-OH is 2. The Morgan fingerprint density at radius 1 is 1.50 bits per heavy atom. The molecule has 0 saturated carbocycles. The van der Waals surface area contributed by atoms with Crippen molar-refractivity contribution < 1.29 is 14.9 Å². The molecule has 10 heteroatoms. The Kier molecular flexibility index (Phi) is 3.20. The topological polar surface area (TPSA) is 145 Å². The number of rotatable bonds is 3. The summed E-state index contributed by atoms with van der Waals surface area (Å²) in [5.74, 6) is 0.316. The van der Waals surface area contributed by atoms with Gasteiger partial charge in [-0.2, -0.15) is 4.91 Å². The molecule has 0 aromatic carbocycles. The minimum atomic E-state index is -1.17. The molecule has 3 aliphatic heterocycles. The van der Waals surface area contributed by atoms with Crippen LogP contribution in [0.15, 0.2) is 20.2 Å². The van der Waals surface area contributed by atoms with E-state index in [9.17, 15) is 10.0 Å². The number of amidine groups is 1. The molecule has 3 aliphatic rings. The molecule has 3 heterocycles. The highest BCUT2D eigenvalue weighted by Crippen LogP contribution is 2.30. The third-order valence-corrected chi connectivity index (χ3v) is 3.61. The molecule has 0 amide bonds. The van der Waals surface area contributed by atoms with Crippen LogP contribution in [0.4, 0.5) is 0 Å². The standard InChI is InChI=1S/C10H14N6O4/c11-8-6-9(13-2-12-8)16(3-14-6)10-5(15-19)7(18)4(1-17)20-10/h2-7,9-10,17-18H,1H2,(H2,11,12,13)/t4-,5+,6?,7-,9?,10?/m1/s1. The molecular weight excluding hydrogens is 268 g/mol. The van der Waals surface area contributed by atoms with Gasteiger partial charge in [-0.25, -0.2) is 9.98 Å². The van der Waals surface area contributed by atoms with Crippen molar-refractivity contribution in [2.24, 2.45) is 25.9 Å². The quantitative estimate of drug-likeness (QED) is 0.493. The van der Waals surface area contributed by atoms with Gasteiger partial charge in [0.05, 0.1) is 12.9 Å². The lowest BCUT2D eigenvalue weighted by Gasteiger charge is -2.31. The minimum absolute atomic E-state index is 0.316. The van der Waals surface area contributed by atoms with Crippen LogP contribution in [-0.4, -0.2) is 76.9 Å². The molecule has 108 valence electrons. The number of hydrogen-bond acceptors (Lipinski definition) is 10. The van der Waals surface area contributed by atoms with Crippen LogP contribution >= 0.6 is 0 Å². The Morgan fingerprint density at radius 2 is 2.30 bits per heavy atom. The summed E-state index contributed by atoms with van der Waals surface area (Å²) in [6.07, 6.45) is -0.596. The van der Waals surface area contributed by atoms with Gasteiger partial charge in [0.15, 0.2) is 18.4 Å². The van der Waals surface area contributed by atoms with Crippen molar-refractivity contribution in [1.29, 1.82) is 0 Å². The van der Waals surface area contributed by atoms with Crippen LogP contribution in [0.25, 0.3) is 0 Å². The number of fused-ring (bicyclic) bond motifs is 1. The van der Waals surface area contributed by atoms with Gasteiger partial charge in [0.2, 0.25) is 0 Å². The number of ether oxygens (including phenoxy) is 1. The molecule has 20 heavy (non-hydrogen) atoms. The molecule has 0 aromatic rings. The van der Waals surface area contributed by atoms with E-state index >= 15 is 0 Å². The Balaban J connectivity index is 1.83. The van der Waals surface area contributed by atoms with E-state index in [1.165, 1.54) is 12.7 Å². The molecule has 1 fully saturated rings. The maximum Gasteiger partial charge on any atom is 0.165 e. The average molecular weight is 282 g/mol. The molecule has 3 unspecified atom stereocenters. The lowest BCUT2D eigenvalue weighted by atomic mass is 10.1. The first-order valence-electron chi connectivity index (χ1n) is 6.09. The predicted molar refractivity (Wildman–Crippen MR) is 69.4 cm³/mol. The van der Waals surface area contributed by atoms with Gasteiger partial charge in [-0.1, -0.05) is 5.18 Å². The molecule has 1 saturated heterocycles. The molecule has 3 rings (SSSR count). The maximum atomic E-state index is 10.9. The number of nitrogens with zero attached hydrogens (tertiary/aromatic N) is 5. The Bertz CT molecular complexity index is 494. The van der Waals surface area contributed by atoms with Crippen molar-refractivity contribution >= 4 is 18.5 Å². The van der Waals surface area contributed by atoms with E-state index < -0.39 is 43.3 Å². The maximum absolute atomic E-state index is 10.9. The molecule has 0 aromatic heterocycles. The van der Waals surface area contributed by atoms with Crippen LogP contribution in [0.2, 0.25) is 0 Å². The summed E-state index contributed by atoms with van der Waals surface area (Å²) in [5.41, 5.74) is 5.73. The third kappa shape index (κ3) is 1.80. The molecule has 10 nitrogen and oxygen atoms in total. The van der Waals surface area contributed by atoms with Crippen LogP contribution in [0.1, 0.15) is 0 Å². The summed E-state index contributed by atoms with van der Waals surface area (Å²) in [6, 6.07) is -1.48. The highest BCUT2D eigenvalue weighted by atomic mass is 16.5. The summed E-state index contributed by atoms with van der Waals surface area (Å²) in [5, 5.41) is 21.9. The summed E-state index contributed by atoms with van der Waals surface area (Å²) in [6.45, 7) is -0.407. The Morgan fingerprint density at radius 3 is 3.00 bits per heavy atom. The Hall–Kier alpha value is -1.91. The number of aliphatic hydroxyl groups is 2. The second kappa shape index (κ2) is 4.89. The fourth-order valence-corrected chi connectivity index (χ4v) is 2.55. The number of hydrogen-bond donors (Lipinski definition) is 3. The number of nitroso groups, excluding NO2 is 1. The molecule has 0 aliphatic carbocycles. The summed E-state index contributed by atoms with van der Waals surface area (Å²) in [7, 11) is 0. The van der Waals surface area contributed by atoms with Crippen molar-refractivity contribution in [1.82, 2.24) is 4.90 Å². The largest absolute Gasteiger partial charge is 0.394 e. The highest BCUT2D eigenvalue weighted by Gasteiger charge is 2.51. The molecule has 0 radical (unpaired) electrons. The fraction of sp³-hybridized carbons (Fsp3) is 0.700. The zero-order chi connectivity index (χ0) is 14.3. The first-order chi connectivity index (χ1) is 9.67. The second-order valence-corrected chi connectivity index (χ2v) is 4.72. The summed E-state index contributed by atoms with van der Waals surface area (Å²) >= 11 is 0. The average Bonchev–Trinajstić information content (AvgIpc) is 3.00. The van der Waals surface area contributed by atoms with Gasteiger partial charge >= 0.3 is 0 Å². The normalized spacial score (nSPS) is 42.7. The molecule has 0 bridgehead atoms. The first kappa shape index (κ1) is 13.1. The van der Waals surface area contributed by atoms with E-state index in [2.05, 4.69) is 20.2 Å². The summed E-state index contributed by atoms with van der Waals surface area (Å²) < 4.78 is 5.48. The smallest absolute Gasteiger partial charge is 0.165 e. The first-order valence-corrected chi connectivity index (χ1v) is 6.09. The van der Waals surface area contributed by atoms with E-state index in [0.717, 1.165) is 0 Å². The van der Waals surface area contributed by atoms with Gasteiger partial charge in [-0.15, -0.1) is 0 Å². The van der Waals surface area contributed by atoms with Gasteiger partial charge in [0, 0.05) is 0 Å². The van der Waals surface area contributed by atoms with Crippen LogP contribution in [0.5, 0.6) is 0 Å². The van der Waals surface area contributed by atoms with Crippen molar-refractivity contribution in [3.63, 3.8) is 0 Å². The SMILES string of the molecule is NC1=NC=NC2C1N=CN2C1O[C@H](CO)[C@@H](O)[C@@H]1N=O. The van der Waals surface area contributed by atoms with E-state index in [1.54, 1.807) is 4.90 Å². The monoisotopic (exact) mass is 282 g/mol. The van der Waals surface area contributed by atoms with Gasteiger partial charge < -0.3 is 25.6 Å². The molecular formula is C10H14N6O4. The van der Waals surface area contributed by atoms with Crippen molar-refractivity contribution in [2.45, 2.75) is 36.7 Å². The summed E-state index contributed by atoms with van der Waals surface area (Å²) in [4.78, 5) is 24.7. The van der Waals surface area contributed by atoms with Gasteiger partial charge in [-0.05, 0) is 0 Å². The van der Waals surface area contributed by atoms with Crippen molar-refractivity contribution in [3.8, 4) is 0 Å². The van der Waals surface area contributed by atoms with Crippen LogP contribution in [-0.2, 0) is 4.74 Å². The zero-order valence-electron chi connectivity index (χ0n) is 10.4. The lowest BCUT2D eigenvalue weighted by Crippen LogP contribution is -2.50. The van der Waals surface area contributed by atoms with Gasteiger partial charge in [-0.3, -0.25) is 4.99 Å². The van der Waals surface area contributed by atoms with E-state index in [0.29, 0.717) is 5.84 Å². The lowest BCUT2D eigenvalue weighted by molar-refractivity contribution is -0.0640. The van der Waals surface area contributed by atoms with Crippen LogP contribution in [0.3, 0.4) is 0 Å². The Labute approximate surface area is 113 Å². The van der Waals surface area contributed by atoms with E-state index in [-0.39, 0.29) is 0 Å². The number of nitrogens with two attached hydrogens (primary N) is 1. The minimum Gasteiger partial charge on any atom is -0.394 e. The van der Waals surface area contributed by atoms with Crippen LogP contribution in [0, 0.1) is 4.91 Å².